The maximum atomic E-state index is 10.5. The zero-order valence-electron chi connectivity index (χ0n) is 8.58. The molecule has 0 saturated carbocycles. The van der Waals surface area contributed by atoms with Gasteiger partial charge >= 0.3 is 5.97 Å². The van der Waals surface area contributed by atoms with Crippen molar-refractivity contribution < 1.29 is 9.90 Å². The molecule has 6 heteroatoms. The molecule has 84 valence electrons. The standard InChI is InChI=1S/C10H12N4O2/c11-9(10(15)16)5-7-1-3-8(4-2-7)6-13-14-12/h1-4,9H,5-6,11H2,(H,15,16). The van der Waals surface area contributed by atoms with Crippen LogP contribution in [0, 0.1) is 0 Å². The van der Waals surface area contributed by atoms with Crippen LogP contribution in [-0.4, -0.2) is 17.1 Å². The van der Waals surface area contributed by atoms with Crippen molar-refractivity contribution in [1.82, 2.24) is 0 Å². The van der Waals surface area contributed by atoms with Crippen molar-refractivity contribution in [2.24, 2.45) is 10.8 Å². The maximum Gasteiger partial charge on any atom is 0.320 e. The molecule has 1 unspecified atom stereocenters. The van der Waals surface area contributed by atoms with Gasteiger partial charge in [0.05, 0.1) is 6.54 Å². The summed E-state index contributed by atoms with van der Waals surface area (Å²) in [6.45, 7) is 0.293. The quantitative estimate of drug-likeness (QED) is 0.444. The molecule has 0 aliphatic heterocycles. The number of carboxylic acids is 1. The number of benzene rings is 1. The number of carboxylic acid groups (broad SMARTS) is 1. The zero-order chi connectivity index (χ0) is 12.0. The molecule has 0 saturated heterocycles. The van der Waals surface area contributed by atoms with E-state index in [1.807, 2.05) is 0 Å². The lowest BCUT2D eigenvalue weighted by molar-refractivity contribution is -0.138. The molecule has 0 amide bonds. The van der Waals surface area contributed by atoms with Crippen LogP contribution >= 0.6 is 0 Å². The summed E-state index contributed by atoms with van der Waals surface area (Å²) < 4.78 is 0. The van der Waals surface area contributed by atoms with E-state index >= 15 is 0 Å². The Morgan fingerprint density at radius 2 is 2.00 bits per heavy atom. The molecular weight excluding hydrogens is 208 g/mol. The van der Waals surface area contributed by atoms with Gasteiger partial charge in [-0.15, -0.1) is 0 Å². The number of hydrogen-bond donors (Lipinski definition) is 2. The molecule has 0 radical (unpaired) electrons. The topological polar surface area (TPSA) is 112 Å². The molecule has 0 aliphatic rings. The molecule has 1 rings (SSSR count). The summed E-state index contributed by atoms with van der Waals surface area (Å²) in [5.74, 6) is -1.02. The average Bonchev–Trinajstić information content (AvgIpc) is 2.28. The van der Waals surface area contributed by atoms with Crippen LogP contribution in [0.5, 0.6) is 0 Å². The van der Waals surface area contributed by atoms with Gasteiger partial charge < -0.3 is 10.8 Å². The fourth-order valence-electron chi connectivity index (χ4n) is 1.24. The fraction of sp³-hybridized carbons (Fsp3) is 0.300. The molecule has 16 heavy (non-hydrogen) atoms. The van der Waals surface area contributed by atoms with Crippen molar-refractivity contribution in [3.63, 3.8) is 0 Å². The van der Waals surface area contributed by atoms with Crippen molar-refractivity contribution >= 4 is 5.97 Å². The predicted molar refractivity (Wildman–Crippen MR) is 58.6 cm³/mol. The number of azide groups is 1. The number of hydrogen-bond acceptors (Lipinski definition) is 3. The highest BCUT2D eigenvalue weighted by molar-refractivity contribution is 5.73. The smallest absolute Gasteiger partial charge is 0.320 e. The largest absolute Gasteiger partial charge is 0.480 e. The Kier molecular flexibility index (Phi) is 4.32. The van der Waals surface area contributed by atoms with Crippen LogP contribution in [0.15, 0.2) is 29.4 Å². The van der Waals surface area contributed by atoms with Crippen molar-refractivity contribution in [3.8, 4) is 0 Å². The van der Waals surface area contributed by atoms with Gasteiger partial charge in [0.1, 0.15) is 6.04 Å². The van der Waals surface area contributed by atoms with Gasteiger partial charge in [-0.3, -0.25) is 4.79 Å². The summed E-state index contributed by atoms with van der Waals surface area (Å²) in [5.41, 5.74) is 15.3. The van der Waals surface area contributed by atoms with Crippen molar-refractivity contribution in [1.29, 1.82) is 0 Å². The second-order valence-corrected chi connectivity index (χ2v) is 3.35. The minimum absolute atomic E-state index is 0.289. The van der Waals surface area contributed by atoms with Crippen molar-refractivity contribution in [2.75, 3.05) is 0 Å². The van der Waals surface area contributed by atoms with Gasteiger partial charge in [0.25, 0.3) is 0 Å². The first kappa shape index (κ1) is 12.0. The first-order chi connectivity index (χ1) is 7.63. The van der Waals surface area contributed by atoms with E-state index in [9.17, 15) is 4.79 Å². The van der Waals surface area contributed by atoms with Crippen LogP contribution in [0.1, 0.15) is 11.1 Å². The van der Waals surface area contributed by atoms with Gasteiger partial charge in [0, 0.05) is 4.91 Å². The molecule has 6 nitrogen and oxygen atoms in total. The average molecular weight is 220 g/mol. The molecule has 3 N–H and O–H groups in total. The van der Waals surface area contributed by atoms with Gasteiger partial charge in [-0.05, 0) is 23.1 Å². The molecule has 0 fully saturated rings. The van der Waals surface area contributed by atoms with Crippen LogP contribution in [-0.2, 0) is 17.8 Å². The fourth-order valence-corrected chi connectivity index (χ4v) is 1.24. The van der Waals surface area contributed by atoms with Crippen molar-refractivity contribution in [2.45, 2.75) is 19.0 Å². The van der Waals surface area contributed by atoms with E-state index in [1.54, 1.807) is 24.3 Å². The number of carbonyl (C=O) groups is 1. The molecule has 1 aromatic rings. The highest BCUT2D eigenvalue weighted by Crippen LogP contribution is 2.07. The molecule has 1 aromatic carbocycles. The van der Waals surface area contributed by atoms with Gasteiger partial charge in [0.2, 0.25) is 0 Å². The number of aliphatic carboxylic acids is 1. The summed E-state index contributed by atoms with van der Waals surface area (Å²) in [6, 6.07) is 6.26. The van der Waals surface area contributed by atoms with Gasteiger partial charge in [-0.2, -0.15) is 0 Å². The summed E-state index contributed by atoms with van der Waals surface area (Å²) in [4.78, 5) is 13.2. The van der Waals surface area contributed by atoms with Gasteiger partial charge in [-0.1, -0.05) is 29.4 Å². The Bertz CT molecular complexity index is 409. The summed E-state index contributed by atoms with van der Waals surface area (Å²) >= 11 is 0. The lowest BCUT2D eigenvalue weighted by Gasteiger charge is -2.06. The SMILES string of the molecule is [N-]=[N+]=NCc1ccc(CC(N)C(=O)O)cc1. The first-order valence-electron chi connectivity index (χ1n) is 4.70. The van der Waals surface area contributed by atoms with E-state index < -0.39 is 12.0 Å². The van der Waals surface area contributed by atoms with Gasteiger partial charge in [-0.25, -0.2) is 0 Å². The Morgan fingerprint density at radius 3 is 2.50 bits per heavy atom. The first-order valence-corrected chi connectivity index (χ1v) is 4.70. The van der Waals surface area contributed by atoms with E-state index in [0.29, 0.717) is 6.54 Å². The molecule has 0 bridgehead atoms. The predicted octanol–water partition coefficient (Wildman–Crippen LogP) is 1.45. The van der Waals surface area contributed by atoms with E-state index in [1.165, 1.54) is 0 Å². The van der Waals surface area contributed by atoms with Crippen LogP contribution in [0.4, 0.5) is 0 Å². The Morgan fingerprint density at radius 1 is 1.44 bits per heavy atom. The maximum absolute atomic E-state index is 10.5. The molecule has 0 aliphatic carbocycles. The summed E-state index contributed by atoms with van der Waals surface area (Å²) in [7, 11) is 0. The zero-order valence-corrected chi connectivity index (χ0v) is 8.58. The van der Waals surface area contributed by atoms with Gasteiger partial charge in [0.15, 0.2) is 0 Å². The molecule has 0 heterocycles. The number of nitrogens with two attached hydrogens (primary N) is 1. The van der Waals surface area contributed by atoms with E-state index in [4.69, 9.17) is 16.4 Å². The third-order valence-electron chi connectivity index (χ3n) is 2.11. The lowest BCUT2D eigenvalue weighted by atomic mass is 10.0. The monoisotopic (exact) mass is 220 g/mol. The van der Waals surface area contributed by atoms with Crippen LogP contribution in [0.2, 0.25) is 0 Å². The Hall–Kier alpha value is -2.04. The highest BCUT2D eigenvalue weighted by Gasteiger charge is 2.11. The molecular formula is C10H12N4O2. The van der Waals surface area contributed by atoms with E-state index in [2.05, 4.69) is 10.0 Å². The third kappa shape index (κ3) is 3.61. The summed E-state index contributed by atoms with van der Waals surface area (Å²) in [6.07, 6.45) is 0.289. The Labute approximate surface area is 92.3 Å². The third-order valence-corrected chi connectivity index (χ3v) is 2.11. The summed E-state index contributed by atoms with van der Waals surface area (Å²) in [5, 5.41) is 12.1. The second kappa shape index (κ2) is 5.75. The second-order valence-electron chi connectivity index (χ2n) is 3.35. The lowest BCUT2D eigenvalue weighted by Crippen LogP contribution is -2.32. The molecule has 0 spiro atoms. The van der Waals surface area contributed by atoms with Crippen LogP contribution in [0.25, 0.3) is 10.4 Å². The normalized spacial score (nSPS) is 11.6. The number of rotatable bonds is 5. The minimum Gasteiger partial charge on any atom is -0.480 e. The minimum atomic E-state index is -1.02. The number of nitrogens with zero attached hydrogens (tertiary/aromatic N) is 3. The molecule has 0 aromatic heterocycles. The van der Waals surface area contributed by atoms with Crippen LogP contribution in [0.3, 0.4) is 0 Å². The van der Waals surface area contributed by atoms with Crippen molar-refractivity contribution in [3.05, 3.63) is 45.8 Å². The van der Waals surface area contributed by atoms with Crippen LogP contribution < -0.4 is 5.73 Å². The Balaban J connectivity index is 2.64. The van der Waals surface area contributed by atoms with E-state index in [-0.39, 0.29) is 6.42 Å². The molecule has 1 atom stereocenters. The highest BCUT2D eigenvalue weighted by atomic mass is 16.4. The van der Waals surface area contributed by atoms with E-state index in [0.717, 1.165) is 11.1 Å².